The molecule has 0 atom stereocenters. The van der Waals surface area contributed by atoms with Crippen molar-refractivity contribution in [2.75, 3.05) is 26.2 Å². The summed E-state index contributed by atoms with van der Waals surface area (Å²) in [5.74, 6) is 0.828. The fourth-order valence-corrected chi connectivity index (χ4v) is 4.09. The van der Waals surface area contributed by atoms with Gasteiger partial charge in [0.2, 0.25) is 0 Å². The van der Waals surface area contributed by atoms with Crippen molar-refractivity contribution in [3.8, 4) is 0 Å². The average molecular weight is 440 g/mol. The summed E-state index contributed by atoms with van der Waals surface area (Å²) in [7, 11) is 0. The van der Waals surface area contributed by atoms with Crippen LogP contribution in [0.5, 0.6) is 0 Å². The molecular formula is C23H41N3O3S. The third kappa shape index (κ3) is 16.6. The third-order valence-electron chi connectivity index (χ3n) is 5.16. The molecular weight excluding hydrogens is 398 g/mol. The minimum Gasteiger partial charge on any atom is -0.364 e. The maximum absolute atomic E-state index is 10.4. The zero-order valence-corrected chi connectivity index (χ0v) is 19.4. The van der Waals surface area contributed by atoms with Gasteiger partial charge in [0, 0.05) is 25.5 Å². The molecule has 1 aromatic rings. The van der Waals surface area contributed by atoms with Gasteiger partial charge in [0.25, 0.3) is 0 Å². The number of nitrogens with zero attached hydrogens (tertiary/aromatic N) is 2. The van der Waals surface area contributed by atoms with Crippen LogP contribution < -0.4 is 4.72 Å². The van der Waals surface area contributed by atoms with Gasteiger partial charge in [-0.25, -0.2) is 0 Å². The summed E-state index contributed by atoms with van der Waals surface area (Å²) in [6.45, 7) is 4.47. The molecule has 0 aliphatic heterocycles. The van der Waals surface area contributed by atoms with Crippen molar-refractivity contribution in [1.29, 1.82) is 0 Å². The van der Waals surface area contributed by atoms with Gasteiger partial charge in [-0.2, -0.15) is 0 Å². The van der Waals surface area contributed by atoms with E-state index in [0.717, 1.165) is 56.4 Å². The summed E-state index contributed by atoms with van der Waals surface area (Å²) >= 11 is 1.68. The van der Waals surface area contributed by atoms with Crippen LogP contribution in [0.15, 0.2) is 16.9 Å². The summed E-state index contributed by atoms with van der Waals surface area (Å²) in [4.78, 5) is 23.4. The Hall–Kier alpha value is -1.18. The summed E-state index contributed by atoms with van der Waals surface area (Å²) in [5.41, 5.74) is 0.968. The minimum atomic E-state index is 0.709. The Kier molecular flexibility index (Phi) is 18.9. The van der Waals surface area contributed by atoms with E-state index in [1.54, 1.807) is 18.2 Å². The van der Waals surface area contributed by atoms with Crippen molar-refractivity contribution in [2.45, 2.75) is 89.2 Å². The minimum absolute atomic E-state index is 0.709. The van der Waals surface area contributed by atoms with Crippen LogP contribution in [0.3, 0.4) is 0 Å². The van der Waals surface area contributed by atoms with Gasteiger partial charge < -0.3 is 19.0 Å². The van der Waals surface area contributed by atoms with Crippen LogP contribution in [-0.2, 0) is 15.3 Å². The Morgan fingerprint density at radius 2 is 1.40 bits per heavy atom. The molecule has 0 spiro atoms. The molecule has 1 aromatic heterocycles. The van der Waals surface area contributed by atoms with Gasteiger partial charge in [-0.1, -0.05) is 55.6 Å². The van der Waals surface area contributed by atoms with E-state index < -0.39 is 0 Å². The topological polar surface area (TPSA) is 75.4 Å². The van der Waals surface area contributed by atoms with Crippen molar-refractivity contribution in [1.82, 2.24) is 14.8 Å². The molecule has 7 heteroatoms. The third-order valence-corrected chi connectivity index (χ3v) is 6.01. The second-order valence-electron chi connectivity index (χ2n) is 7.82. The van der Waals surface area contributed by atoms with Gasteiger partial charge in [-0.3, -0.25) is 4.72 Å². The summed E-state index contributed by atoms with van der Waals surface area (Å²) in [6.07, 6.45) is 18.1. The van der Waals surface area contributed by atoms with Gasteiger partial charge in [0.05, 0.1) is 11.4 Å². The molecule has 30 heavy (non-hydrogen) atoms. The quantitative estimate of drug-likeness (QED) is 0.143. The highest BCUT2D eigenvalue weighted by molar-refractivity contribution is 7.96. The average Bonchev–Trinajstić information content (AvgIpc) is 3.27. The lowest BCUT2D eigenvalue weighted by Crippen LogP contribution is -2.29. The fourth-order valence-electron chi connectivity index (χ4n) is 3.41. The normalized spacial score (nSPS) is 11.2. The predicted octanol–water partition coefficient (Wildman–Crippen LogP) is 5.18. The van der Waals surface area contributed by atoms with Gasteiger partial charge >= 0.3 is 0 Å². The number of nitrogens with one attached hydrogen (secondary N) is 1. The van der Waals surface area contributed by atoms with E-state index in [-0.39, 0.29) is 0 Å². The van der Waals surface area contributed by atoms with Gasteiger partial charge in [0.15, 0.2) is 0 Å². The molecule has 0 bridgehead atoms. The first-order valence-corrected chi connectivity index (χ1v) is 12.7. The Morgan fingerprint density at radius 1 is 0.833 bits per heavy atom. The smallest absolute Gasteiger partial charge is 0.124 e. The molecule has 0 saturated carbocycles. The van der Waals surface area contributed by atoms with Crippen LogP contribution in [0.2, 0.25) is 0 Å². The highest BCUT2D eigenvalue weighted by atomic mass is 32.2. The number of rotatable bonds is 23. The highest BCUT2D eigenvalue weighted by Gasteiger charge is 2.05. The molecule has 1 N–H and O–H groups in total. The molecule has 0 saturated heterocycles. The molecule has 0 aromatic carbocycles. The van der Waals surface area contributed by atoms with Crippen LogP contribution in [0.25, 0.3) is 0 Å². The zero-order chi connectivity index (χ0) is 21.5. The summed E-state index contributed by atoms with van der Waals surface area (Å²) in [5, 5.41) is 3.91. The number of aromatic nitrogens is 1. The van der Waals surface area contributed by atoms with E-state index >= 15 is 0 Å². The number of unbranched alkanes of at least 4 members (excludes halogenated alkanes) is 10. The summed E-state index contributed by atoms with van der Waals surface area (Å²) in [6, 6.07) is 1.90. The van der Waals surface area contributed by atoms with E-state index in [0.29, 0.717) is 12.8 Å². The molecule has 0 amide bonds. The standard InChI is InChI=1S/C23H41N3O3S/c27-19-11-7-3-1-5-9-16-26(17-10-6-2-4-8-12-20-28)18-13-15-24-30-22-23-14-21-29-25-23/h14,19-21,24H,1-13,15-18,22H2. The fraction of sp³-hybridized carbons (Fsp3) is 0.783. The molecule has 1 rings (SSSR count). The molecule has 172 valence electrons. The molecule has 6 nitrogen and oxygen atoms in total. The second-order valence-corrected chi connectivity index (χ2v) is 8.68. The van der Waals surface area contributed by atoms with Crippen LogP contribution in [0.4, 0.5) is 0 Å². The Bertz CT molecular complexity index is 478. The lowest BCUT2D eigenvalue weighted by molar-refractivity contribution is -0.108. The van der Waals surface area contributed by atoms with Crippen molar-refractivity contribution in [3.05, 3.63) is 18.0 Å². The van der Waals surface area contributed by atoms with Crippen molar-refractivity contribution in [3.63, 3.8) is 0 Å². The Morgan fingerprint density at radius 3 is 1.97 bits per heavy atom. The van der Waals surface area contributed by atoms with E-state index in [2.05, 4.69) is 14.8 Å². The van der Waals surface area contributed by atoms with Crippen molar-refractivity contribution >= 4 is 24.5 Å². The number of hydrogen-bond donors (Lipinski definition) is 1. The van der Waals surface area contributed by atoms with E-state index in [4.69, 9.17) is 4.52 Å². The van der Waals surface area contributed by atoms with Crippen LogP contribution in [-0.4, -0.2) is 48.8 Å². The van der Waals surface area contributed by atoms with Crippen LogP contribution >= 0.6 is 11.9 Å². The highest BCUT2D eigenvalue weighted by Crippen LogP contribution is 2.10. The first-order chi connectivity index (χ1) is 14.9. The molecule has 0 fully saturated rings. The molecule has 0 aliphatic rings. The number of hydrogen-bond acceptors (Lipinski definition) is 7. The van der Waals surface area contributed by atoms with Crippen molar-refractivity contribution < 1.29 is 14.1 Å². The van der Waals surface area contributed by atoms with E-state index in [1.165, 1.54) is 64.5 Å². The summed E-state index contributed by atoms with van der Waals surface area (Å²) < 4.78 is 8.27. The maximum atomic E-state index is 10.4. The maximum Gasteiger partial charge on any atom is 0.124 e. The lowest BCUT2D eigenvalue weighted by Gasteiger charge is -2.22. The number of aldehydes is 2. The Labute approximate surface area is 187 Å². The molecule has 0 aliphatic carbocycles. The zero-order valence-electron chi connectivity index (χ0n) is 18.6. The van der Waals surface area contributed by atoms with E-state index in [9.17, 15) is 9.59 Å². The predicted molar refractivity (Wildman–Crippen MR) is 124 cm³/mol. The number of carbonyl (C=O) groups is 2. The van der Waals surface area contributed by atoms with E-state index in [1.807, 2.05) is 6.07 Å². The van der Waals surface area contributed by atoms with Crippen LogP contribution in [0.1, 0.15) is 89.2 Å². The first kappa shape index (κ1) is 26.9. The lowest BCUT2D eigenvalue weighted by atomic mass is 10.1. The largest absolute Gasteiger partial charge is 0.364 e. The monoisotopic (exact) mass is 439 g/mol. The molecule has 0 unspecified atom stereocenters. The number of carbonyl (C=O) groups excluding carboxylic acids is 2. The van der Waals surface area contributed by atoms with Crippen LogP contribution in [0, 0.1) is 0 Å². The molecule has 1 heterocycles. The first-order valence-electron chi connectivity index (χ1n) is 11.7. The van der Waals surface area contributed by atoms with Gasteiger partial charge in [-0.15, -0.1) is 0 Å². The van der Waals surface area contributed by atoms with Gasteiger partial charge in [0.1, 0.15) is 18.8 Å². The second kappa shape index (κ2) is 21.1. The SMILES string of the molecule is O=CCCCCCCCN(CCCCCCCC=O)CCCNSCc1ccon1. The Balaban J connectivity index is 2.11. The molecule has 0 radical (unpaired) electrons. The van der Waals surface area contributed by atoms with Crippen molar-refractivity contribution in [2.24, 2.45) is 0 Å². The van der Waals surface area contributed by atoms with Gasteiger partial charge in [-0.05, 0) is 51.7 Å².